The molecule has 23 heavy (non-hydrogen) atoms. The van der Waals surface area contributed by atoms with E-state index in [0.29, 0.717) is 19.1 Å². The summed E-state index contributed by atoms with van der Waals surface area (Å²) in [6.07, 6.45) is -0.177. The van der Waals surface area contributed by atoms with Crippen molar-refractivity contribution < 1.29 is 9.59 Å². The van der Waals surface area contributed by atoms with Crippen LogP contribution in [0.1, 0.15) is 36.1 Å². The molecule has 1 aromatic carbocycles. The molecule has 1 saturated heterocycles. The maximum Gasteiger partial charge on any atom is 0.243 e. The van der Waals surface area contributed by atoms with E-state index in [2.05, 4.69) is 43.9 Å². The zero-order valence-corrected chi connectivity index (χ0v) is 14.1. The van der Waals surface area contributed by atoms with E-state index in [0.717, 1.165) is 13.1 Å². The van der Waals surface area contributed by atoms with Crippen LogP contribution in [-0.2, 0) is 9.59 Å². The summed E-state index contributed by atoms with van der Waals surface area (Å²) in [7, 11) is 0. The Hall–Kier alpha value is -1.92. The molecule has 1 heterocycles. The van der Waals surface area contributed by atoms with Gasteiger partial charge in [0.1, 0.15) is 6.42 Å². The molecule has 1 unspecified atom stereocenters. The fraction of sp³-hybridized carbons (Fsp3) is 0.529. The minimum Gasteiger partial charge on any atom is -0.340 e. The first-order valence-corrected chi connectivity index (χ1v) is 8.00. The van der Waals surface area contributed by atoms with Gasteiger partial charge in [0, 0.05) is 32.2 Å². The number of amides is 2. The van der Waals surface area contributed by atoms with Crippen LogP contribution in [0.4, 0.5) is 0 Å². The minimum absolute atomic E-state index is 0.161. The molecule has 126 valence electrons. The molecule has 0 saturated carbocycles. The number of hydrogen-bond donors (Lipinski definition) is 2. The predicted molar refractivity (Wildman–Crippen MR) is 89.4 cm³/mol. The highest BCUT2D eigenvalue weighted by atomic mass is 16.2. The quantitative estimate of drug-likeness (QED) is 0.374. The lowest BCUT2D eigenvalue weighted by atomic mass is 10.0. The summed E-state index contributed by atoms with van der Waals surface area (Å²) in [4.78, 5) is 27.3. The van der Waals surface area contributed by atoms with Crippen molar-refractivity contribution in [2.24, 2.45) is 5.84 Å². The average Bonchev–Trinajstić information content (AvgIpc) is 2.56. The highest BCUT2D eigenvalue weighted by Crippen LogP contribution is 2.23. The van der Waals surface area contributed by atoms with Gasteiger partial charge in [0.2, 0.25) is 11.8 Å². The van der Waals surface area contributed by atoms with E-state index < -0.39 is 5.91 Å². The Kier molecular flexibility index (Phi) is 5.74. The molecule has 0 bridgehead atoms. The molecule has 6 nitrogen and oxygen atoms in total. The van der Waals surface area contributed by atoms with E-state index in [-0.39, 0.29) is 12.3 Å². The zero-order valence-electron chi connectivity index (χ0n) is 14.1. The molecule has 1 aromatic rings. The lowest BCUT2D eigenvalue weighted by Gasteiger charge is -2.38. The Morgan fingerprint density at radius 2 is 1.83 bits per heavy atom. The molecular weight excluding hydrogens is 292 g/mol. The van der Waals surface area contributed by atoms with Crippen molar-refractivity contribution in [3.63, 3.8) is 0 Å². The molecule has 2 rings (SSSR count). The summed E-state index contributed by atoms with van der Waals surface area (Å²) in [6.45, 7) is 9.35. The van der Waals surface area contributed by atoms with Crippen LogP contribution in [0.2, 0.25) is 0 Å². The van der Waals surface area contributed by atoms with Gasteiger partial charge in [-0.1, -0.05) is 18.2 Å². The highest BCUT2D eigenvalue weighted by molar-refractivity contribution is 5.96. The first kappa shape index (κ1) is 17.4. The second kappa shape index (κ2) is 7.57. The Morgan fingerprint density at radius 1 is 1.17 bits per heavy atom. The van der Waals surface area contributed by atoms with E-state index >= 15 is 0 Å². The van der Waals surface area contributed by atoms with Gasteiger partial charge in [0.25, 0.3) is 0 Å². The standard InChI is InChI=1S/C17H26N4O2/c1-12-4-5-15(10-13(12)2)14(3)20-6-8-21(9-7-20)17(23)11-16(22)19-18/h4-5,10,14H,6-9,11,18H2,1-3H3,(H,19,22). The Balaban J connectivity index is 1.92. The van der Waals surface area contributed by atoms with Crippen LogP contribution in [-0.4, -0.2) is 47.8 Å². The van der Waals surface area contributed by atoms with E-state index in [9.17, 15) is 9.59 Å². The lowest BCUT2D eigenvalue weighted by molar-refractivity contribution is -0.137. The number of hydrazine groups is 1. The predicted octanol–water partition coefficient (Wildman–Crippen LogP) is 0.889. The van der Waals surface area contributed by atoms with Gasteiger partial charge in [-0.2, -0.15) is 0 Å². The summed E-state index contributed by atoms with van der Waals surface area (Å²) in [5, 5.41) is 0. The van der Waals surface area contributed by atoms with E-state index in [1.165, 1.54) is 16.7 Å². The second-order valence-corrected chi connectivity index (χ2v) is 6.18. The number of nitrogens with one attached hydrogen (secondary N) is 1. The molecule has 1 atom stereocenters. The first-order valence-electron chi connectivity index (χ1n) is 8.00. The molecule has 0 aromatic heterocycles. The van der Waals surface area contributed by atoms with E-state index in [1.54, 1.807) is 4.90 Å². The Morgan fingerprint density at radius 3 is 2.39 bits per heavy atom. The van der Waals surface area contributed by atoms with Gasteiger partial charge in [0.15, 0.2) is 0 Å². The van der Waals surface area contributed by atoms with Crippen molar-refractivity contribution in [3.05, 3.63) is 34.9 Å². The molecule has 0 radical (unpaired) electrons. The number of piperazine rings is 1. The Labute approximate surface area is 137 Å². The number of carbonyl (C=O) groups is 2. The first-order chi connectivity index (χ1) is 10.9. The molecule has 0 spiro atoms. The average molecular weight is 318 g/mol. The Bertz CT molecular complexity index is 580. The second-order valence-electron chi connectivity index (χ2n) is 6.18. The number of hydrogen-bond acceptors (Lipinski definition) is 4. The maximum atomic E-state index is 12.0. The summed E-state index contributed by atoms with van der Waals surface area (Å²) in [5.41, 5.74) is 5.90. The van der Waals surface area contributed by atoms with Gasteiger partial charge in [0.05, 0.1) is 0 Å². The van der Waals surface area contributed by atoms with E-state index in [1.807, 2.05) is 5.43 Å². The lowest BCUT2D eigenvalue weighted by Crippen LogP contribution is -2.50. The van der Waals surface area contributed by atoms with Crippen molar-refractivity contribution in [1.82, 2.24) is 15.2 Å². The molecule has 0 aliphatic carbocycles. The molecule has 3 N–H and O–H groups in total. The van der Waals surface area contributed by atoms with Crippen LogP contribution in [0.5, 0.6) is 0 Å². The van der Waals surface area contributed by atoms with Crippen molar-refractivity contribution in [3.8, 4) is 0 Å². The van der Waals surface area contributed by atoms with Crippen molar-refractivity contribution in [2.45, 2.75) is 33.2 Å². The van der Waals surface area contributed by atoms with Crippen LogP contribution >= 0.6 is 0 Å². The zero-order chi connectivity index (χ0) is 17.0. The number of carbonyl (C=O) groups excluding carboxylic acids is 2. The smallest absolute Gasteiger partial charge is 0.243 e. The number of benzene rings is 1. The van der Waals surface area contributed by atoms with Crippen molar-refractivity contribution in [2.75, 3.05) is 26.2 Å². The van der Waals surface area contributed by atoms with Crippen LogP contribution in [0.15, 0.2) is 18.2 Å². The third-order valence-electron chi connectivity index (χ3n) is 4.70. The van der Waals surface area contributed by atoms with Gasteiger partial charge < -0.3 is 4.90 Å². The SMILES string of the molecule is Cc1ccc(C(C)N2CCN(C(=O)CC(=O)NN)CC2)cc1C. The van der Waals surface area contributed by atoms with Gasteiger partial charge in [-0.15, -0.1) is 0 Å². The van der Waals surface area contributed by atoms with Crippen LogP contribution in [0.3, 0.4) is 0 Å². The normalized spacial score (nSPS) is 17.0. The van der Waals surface area contributed by atoms with E-state index in [4.69, 9.17) is 5.84 Å². The third-order valence-corrected chi connectivity index (χ3v) is 4.70. The highest BCUT2D eigenvalue weighted by Gasteiger charge is 2.25. The monoisotopic (exact) mass is 318 g/mol. The molecule has 1 fully saturated rings. The third kappa shape index (κ3) is 4.30. The minimum atomic E-state index is -0.444. The number of aryl methyl sites for hydroxylation is 2. The number of nitrogens with two attached hydrogens (primary N) is 1. The topological polar surface area (TPSA) is 78.7 Å². The van der Waals surface area contributed by atoms with Crippen molar-refractivity contribution in [1.29, 1.82) is 0 Å². The molecule has 1 aliphatic rings. The van der Waals surface area contributed by atoms with Crippen LogP contribution < -0.4 is 11.3 Å². The van der Waals surface area contributed by atoms with Gasteiger partial charge in [-0.3, -0.25) is 19.9 Å². The van der Waals surface area contributed by atoms with Crippen LogP contribution in [0.25, 0.3) is 0 Å². The number of rotatable bonds is 4. The fourth-order valence-corrected chi connectivity index (χ4v) is 2.89. The maximum absolute atomic E-state index is 12.0. The summed E-state index contributed by atoms with van der Waals surface area (Å²) in [5.74, 6) is 4.42. The van der Waals surface area contributed by atoms with Gasteiger partial charge in [-0.25, -0.2) is 5.84 Å². The largest absolute Gasteiger partial charge is 0.340 e. The summed E-state index contributed by atoms with van der Waals surface area (Å²) < 4.78 is 0. The van der Waals surface area contributed by atoms with Crippen molar-refractivity contribution >= 4 is 11.8 Å². The fourth-order valence-electron chi connectivity index (χ4n) is 2.89. The van der Waals surface area contributed by atoms with Gasteiger partial charge >= 0.3 is 0 Å². The molecule has 2 amide bonds. The molecule has 1 aliphatic heterocycles. The summed E-state index contributed by atoms with van der Waals surface area (Å²) in [6, 6.07) is 6.89. The molecular formula is C17H26N4O2. The summed E-state index contributed by atoms with van der Waals surface area (Å²) >= 11 is 0. The van der Waals surface area contributed by atoms with Crippen LogP contribution in [0, 0.1) is 13.8 Å². The number of nitrogens with zero attached hydrogens (tertiary/aromatic N) is 2. The van der Waals surface area contributed by atoms with Gasteiger partial charge in [-0.05, 0) is 37.5 Å². The molecule has 6 heteroatoms.